The van der Waals surface area contributed by atoms with E-state index in [1.54, 1.807) is 0 Å². The lowest BCUT2D eigenvalue weighted by Crippen LogP contribution is -2.13. The molecule has 5 heteroatoms. The summed E-state index contributed by atoms with van der Waals surface area (Å²) in [5.41, 5.74) is 3.11. The summed E-state index contributed by atoms with van der Waals surface area (Å²) in [6.45, 7) is 6.10. The predicted octanol–water partition coefficient (Wildman–Crippen LogP) is 3.41. The molecule has 2 N–H and O–H groups in total. The fourth-order valence-electron chi connectivity index (χ4n) is 1.95. The van der Waals surface area contributed by atoms with Crippen LogP contribution in [0.3, 0.4) is 0 Å². The van der Waals surface area contributed by atoms with E-state index in [1.807, 2.05) is 39.2 Å². The van der Waals surface area contributed by atoms with Crippen molar-refractivity contribution in [1.29, 1.82) is 0 Å². The van der Waals surface area contributed by atoms with Crippen molar-refractivity contribution in [2.45, 2.75) is 26.8 Å². The molecule has 0 bridgehead atoms. The molecule has 0 aliphatic heterocycles. The summed E-state index contributed by atoms with van der Waals surface area (Å²) in [6, 6.07) is 10.5. The minimum atomic E-state index is 0.305. The minimum Gasteiger partial charge on any atom is -0.378 e. The number of hydrogen-bond acceptors (Lipinski definition) is 5. The van der Waals surface area contributed by atoms with Gasteiger partial charge in [-0.15, -0.1) is 0 Å². The summed E-state index contributed by atoms with van der Waals surface area (Å²) >= 11 is 0. The summed E-state index contributed by atoms with van der Waals surface area (Å²) in [5.74, 6) is 1.45. The molecule has 0 radical (unpaired) electrons. The molecule has 0 spiro atoms. The fourth-order valence-corrected chi connectivity index (χ4v) is 1.95. The summed E-state index contributed by atoms with van der Waals surface area (Å²) in [4.78, 5) is 10.9. The van der Waals surface area contributed by atoms with Crippen LogP contribution in [0.2, 0.25) is 0 Å². The lowest BCUT2D eigenvalue weighted by atomic mass is 10.2. The Morgan fingerprint density at radius 1 is 1.05 bits per heavy atom. The van der Waals surface area contributed by atoms with Crippen molar-refractivity contribution < 1.29 is 0 Å². The summed E-state index contributed by atoms with van der Waals surface area (Å²) in [6.07, 6.45) is 0. The van der Waals surface area contributed by atoms with E-state index in [-0.39, 0.29) is 0 Å². The van der Waals surface area contributed by atoms with E-state index in [0.717, 1.165) is 17.2 Å². The highest BCUT2D eigenvalue weighted by molar-refractivity contribution is 5.61. The molecule has 1 aromatic heterocycles. The molecule has 21 heavy (non-hydrogen) atoms. The van der Waals surface area contributed by atoms with E-state index in [1.165, 1.54) is 5.69 Å². The van der Waals surface area contributed by atoms with Crippen molar-refractivity contribution in [2.24, 2.45) is 0 Å². The summed E-state index contributed by atoms with van der Waals surface area (Å²) in [5, 5.41) is 6.54. The van der Waals surface area contributed by atoms with Crippen molar-refractivity contribution >= 4 is 23.1 Å². The van der Waals surface area contributed by atoms with Crippen molar-refractivity contribution in [1.82, 2.24) is 9.97 Å². The second-order valence-electron chi connectivity index (χ2n) is 5.58. The smallest absolute Gasteiger partial charge is 0.225 e. The Balaban J connectivity index is 2.16. The Kier molecular flexibility index (Phi) is 4.62. The molecule has 2 rings (SSSR count). The molecule has 0 amide bonds. The molecule has 0 fully saturated rings. The molecule has 0 saturated carbocycles. The average molecular weight is 285 g/mol. The Bertz CT molecular complexity index is 590. The average Bonchev–Trinajstić information content (AvgIpc) is 2.37. The van der Waals surface area contributed by atoms with Crippen LogP contribution in [0.1, 0.15) is 19.5 Å². The summed E-state index contributed by atoms with van der Waals surface area (Å²) < 4.78 is 0. The molecule has 0 unspecified atom stereocenters. The van der Waals surface area contributed by atoms with Gasteiger partial charge in [0.1, 0.15) is 5.82 Å². The third-order valence-corrected chi connectivity index (χ3v) is 2.93. The molecule has 112 valence electrons. The van der Waals surface area contributed by atoms with Gasteiger partial charge in [-0.05, 0) is 45.0 Å². The third-order valence-electron chi connectivity index (χ3n) is 2.93. The van der Waals surface area contributed by atoms with Gasteiger partial charge < -0.3 is 15.5 Å². The van der Waals surface area contributed by atoms with E-state index in [2.05, 4.69) is 51.5 Å². The van der Waals surface area contributed by atoms with Gasteiger partial charge in [-0.25, -0.2) is 4.98 Å². The van der Waals surface area contributed by atoms with Gasteiger partial charge in [0.05, 0.1) is 0 Å². The maximum absolute atomic E-state index is 4.48. The van der Waals surface area contributed by atoms with Crippen LogP contribution in [0.25, 0.3) is 0 Å². The number of nitrogens with one attached hydrogen (secondary N) is 2. The molecular formula is C16H23N5. The highest BCUT2D eigenvalue weighted by Gasteiger charge is 2.04. The van der Waals surface area contributed by atoms with Crippen LogP contribution >= 0.6 is 0 Å². The molecule has 0 aliphatic carbocycles. The van der Waals surface area contributed by atoms with Gasteiger partial charge in [0.15, 0.2) is 0 Å². The quantitative estimate of drug-likeness (QED) is 0.881. The molecular weight excluding hydrogens is 262 g/mol. The van der Waals surface area contributed by atoms with Gasteiger partial charge in [0.2, 0.25) is 5.95 Å². The van der Waals surface area contributed by atoms with Crippen LogP contribution in [0.4, 0.5) is 23.1 Å². The number of anilines is 4. The third kappa shape index (κ3) is 4.34. The number of rotatable bonds is 5. The number of hydrogen-bond donors (Lipinski definition) is 2. The molecule has 0 atom stereocenters. The van der Waals surface area contributed by atoms with Gasteiger partial charge in [-0.3, -0.25) is 0 Å². The van der Waals surface area contributed by atoms with E-state index < -0.39 is 0 Å². The standard InChI is InChI=1S/C16H23N5/c1-11(2)17-16-18-12(3)10-15(20-16)19-13-6-8-14(9-7-13)21(4)5/h6-11H,1-5H3,(H2,17,18,19,20). The van der Waals surface area contributed by atoms with Gasteiger partial charge in [0, 0.05) is 43.3 Å². The second kappa shape index (κ2) is 6.43. The highest BCUT2D eigenvalue weighted by Crippen LogP contribution is 2.20. The Labute approximate surface area is 126 Å². The topological polar surface area (TPSA) is 53.1 Å². The summed E-state index contributed by atoms with van der Waals surface area (Å²) in [7, 11) is 4.06. The van der Waals surface area contributed by atoms with Crippen molar-refractivity contribution in [3.8, 4) is 0 Å². The lowest BCUT2D eigenvalue weighted by molar-refractivity contribution is 0.871. The molecule has 1 aromatic carbocycles. The zero-order chi connectivity index (χ0) is 15.4. The maximum Gasteiger partial charge on any atom is 0.225 e. The molecule has 5 nitrogen and oxygen atoms in total. The predicted molar refractivity (Wildman–Crippen MR) is 89.6 cm³/mol. The zero-order valence-corrected chi connectivity index (χ0v) is 13.3. The van der Waals surface area contributed by atoms with E-state index in [9.17, 15) is 0 Å². The number of aromatic nitrogens is 2. The van der Waals surface area contributed by atoms with Gasteiger partial charge in [-0.2, -0.15) is 4.98 Å². The normalized spacial score (nSPS) is 10.6. The van der Waals surface area contributed by atoms with Crippen LogP contribution in [0.15, 0.2) is 30.3 Å². The molecule has 0 saturated heterocycles. The van der Waals surface area contributed by atoms with Crippen LogP contribution in [-0.2, 0) is 0 Å². The SMILES string of the molecule is Cc1cc(Nc2ccc(N(C)C)cc2)nc(NC(C)C)n1. The van der Waals surface area contributed by atoms with Crippen molar-refractivity contribution in [2.75, 3.05) is 29.6 Å². The number of aryl methyl sites for hydroxylation is 1. The Hall–Kier alpha value is -2.30. The maximum atomic E-state index is 4.48. The first-order chi connectivity index (χ1) is 9.94. The lowest BCUT2D eigenvalue weighted by Gasteiger charge is -2.14. The number of nitrogens with zero attached hydrogens (tertiary/aromatic N) is 3. The molecule has 2 aromatic rings. The highest BCUT2D eigenvalue weighted by atomic mass is 15.2. The van der Waals surface area contributed by atoms with Gasteiger partial charge in [-0.1, -0.05) is 0 Å². The van der Waals surface area contributed by atoms with Gasteiger partial charge >= 0.3 is 0 Å². The first kappa shape index (κ1) is 15.1. The van der Waals surface area contributed by atoms with Crippen LogP contribution in [0.5, 0.6) is 0 Å². The first-order valence-electron chi connectivity index (χ1n) is 7.10. The van der Waals surface area contributed by atoms with Crippen molar-refractivity contribution in [3.05, 3.63) is 36.0 Å². The van der Waals surface area contributed by atoms with E-state index in [4.69, 9.17) is 0 Å². The minimum absolute atomic E-state index is 0.305. The monoisotopic (exact) mass is 285 g/mol. The molecule has 1 heterocycles. The number of benzene rings is 1. The largest absolute Gasteiger partial charge is 0.378 e. The zero-order valence-electron chi connectivity index (χ0n) is 13.3. The van der Waals surface area contributed by atoms with E-state index in [0.29, 0.717) is 12.0 Å². The van der Waals surface area contributed by atoms with Crippen molar-refractivity contribution in [3.63, 3.8) is 0 Å². The first-order valence-corrected chi connectivity index (χ1v) is 7.10. The Morgan fingerprint density at radius 3 is 2.29 bits per heavy atom. The fraction of sp³-hybridized carbons (Fsp3) is 0.375. The van der Waals surface area contributed by atoms with Crippen LogP contribution in [0, 0.1) is 6.92 Å². The van der Waals surface area contributed by atoms with Crippen LogP contribution < -0.4 is 15.5 Å². The van der Waals surface area contributed by atoms with E-state index >= 15 is 0 Å². The second-order valence-corrected chi connectivity index (χ2v) is 5.58. The van der Waals surface area contributed by atoms with Gasteiger partial charge in [0.25, 0.3) is 0 Å². The van der Waals surface area contributed by atoms with Crippen LogP contribution in [-0.4, -0.2) is 30.1 Å². The molecule has 0 aliphatic rings. The Morgan fingerprint density at radius 2 is 1.71 bits per heavy atom.